The van der Waals surface area contributed by atoms with E-state index in [1.807, 2.05) is 13.0 Å². The SMILES string of the molecule is Cc1cc(CN2CCN(CC(=O)NCc3ccccc3F)CC2)no1. The third-order valence-electron chi connectivity index (χ3n) is 4.33. The van der Waals surface area contributed by atoms with Crippen LogP contribution in [0.25, 0.3) is 0 Å². The van der Waals surface area contributed by atoms with E-state index in [2.05, 4.69) is 20.3 Å². The van der Waals surface area contributed by atoms with E-state index in [4.69, 9.17) is 4.52 Å². The number of rotatable bonds is 6. The first-order valence-corrected chi connectivity index (χ1v) is 8.47. The second kappa shape index (κ2) is 8.22. The predicted molar refractivity (Wildman–Crippen MR) is 91.2 cm³/mol. The van der Waals surface area contributed by atoms with Gasteiger partial charge in [-0.25, -0.2) is 4.39 Å². The van der Waals surface area contributed by atoms with Crippen molar-refractivity contribution in [3.8, 4) is 0 Å². The van der Waals surface area contributed by atoms with Crippen LogP contribution in [0.3, 0.4) is 0 Å². The Bertz CT molecular complexity index is 711. The molecule has 3 rings (SSSR count). The molecule has 0 aliphatic carbocycles. The van der Waals surface area contributed by atoms with Crippen LogP contribution in [0.4, 0.5) is 4.39 Å². The molecule has 0 spiro atoms. The maximum Gasteiger partial charge on any atom is 0.234 e. The lowest BCUT2D eigenvalue weighted by Gasteiger charge is -2.33. The molecule has 2 aromatic rings. The number of carbonyl (C=O) groups is 1. The van der Waals surface area contributed by atoms with Gasteiger partial charge in [0.25, 0.3) is 0 Å². The molecule has 7 heteroatoms. The molecule has 1 aliphatic heterocycles. The standard InChI is InChI=1S/C18H23FN4O2/c1-14-10-16(21-25-14)12-22-6-8-23(9-7-22)13-18(24)20-11-15-4-2-3-5-17(15)19/h2-5,10H,6-9,11-13H2,1H3,(H,20,24). The van der Waals surface area contributed by atoms with E-state index in [9.17, 15) is 9.18 Å². The first-order valence-electron chi connectivity index (χ1n) is 8.47. The summed E-state index contributed by atoms with van der Waals surface area (Å²) in [5.74, 6) is 0.448. The van der Waals surface area contributed by atoms with Gasteiger partial charge in [0.2, 0.25) is 5.91 Å². The van der Waals surface area contributed by atoms with Gasteiger partial charge in [-0.2, -0.15) is 0 Å². The number of nitrogens with zero attached hydrogens (tertiary/aromatic N) is 3. The highest BCUT2D eigenvalue weighted by atomic mass is 19.1. The summed E-state index contributed by atoms with van der Waals surface area (Å²) in [5.41, 5.74) is 1.44. The Morgan fingerprint density at radius 1 is 1.24 bits per heavy atom. The highest BCUT2D eigenvalue weighted by Crippen LogP contribution is 2.09. The average molecular weight is 346 g/mol. The van der Waals surface area contributed by atoms with Gasteiger partial charge in [-0.05, 0) is 13.0 Å². The quantitative estimate of drug-likeness (QED) is 0.860. The van der Waals surface area contributed by atoms with E-state index in [-0.39, 0.29) is 18.3 Å². The molecule has 6 nitrogen and oxygen atoms in total. The van der Waals surface area contributed by atoms with Crippen molar-refractivity contribution >= 4 is 5.91 Å². The van der Waals surface area contributed by atoms with Gasteiger partial charge in [0.15, 0.2) is 0 Å². The topological polar surface area (TPSA) is 61.6 Å². The molecular formula is C18H23FN4O2. The van der Waals surface area contributed by atoms with E-state index >= 15 is 0 Å². The van der Waals surface area contributed by atoms with Crippen molar-refractivity contribution in [3.05, 3.63) is 53.2 Å². The molecule has 1 fully saturated rings. The molecule has 1 aromatic carbocycles. The zero-order chi connectivity index (χ0) is 17.6. The fourth-order valence-corrected chi connectivity index (χ4v) is 2.92. The summed E-state index contributed by atoms with van der Waals surface area (Å²) in [4.78, 5) is 16.5. The molecule has 0 unspecified atom stereocenters. The maximum atomic E-state index is 13.5. The van der Waals surface area contributed by atoms with E-state index in [0.29, 0.717) is 12.1 Å². The number of aromatic nitrogens is 1. The zero-order valence-electron chi connectivity index (χ0n) is 14.4. The molecule has 2 heterocycles. The molecule has 25 heavy (non-hydrogen) atoms. The summed E-state index contributed by atoms with van der Waals surface area (Å²) in [5, 5.41) is 6.80. The Kier molecular flexibility index (Phi) is 5.78. The van der Waals surface area contributed by atoms with Gasteiger partial charge in [-0.3, -0.25) is 14.6 Å². The van der Waals surface area contributed by atoms with E-state index in [1.54, 1.807) is 18.2 Å². The molecule has 1 amide bonds. The van der Waals surface area contributed by atoms with Crippen LogP contribution in [0.1, 0.15) is 17.0 Å². The van der Waals surface area contributed by atoms with Crippen molar-refractivity contribution in [1.29, 1.82) is 0 Å². The van der Waals surface area contributed by atoms with Crippen LogP contribution in [0.2, 0.25) is 0 Å². The second-order valence-corrected chi connectivity index (χ2v) is 6.35. The van der Waals surface area contributed by atoms with Crippen molar-refractivity contribution in [3.63, 3.8) is 0 Å². The Morgan fingerprint density at radius 2 is 1.96 bits per heavy atom. The highest BCUT2D eigenvalue weighted by molar-refractivity contribution is 5.78. The number of carbonyl (C=O) groups excluding carboxylic acids is 1. The summed E-state index contributed by atoms with van der Waals surface area (Å²) in [6.07, 6.45) is 0. The number of piperazine rings is 1. The van der Waals surface area contributed by atoms with Crippen LogP contribution in [0, 0.1) is 12.7 Å². The summed E-state index contributed by atoms with van der Waals surface area (Å²) >= 11 is 0. The van der Waals surface area contributed by atoms with Crippen molar-refractivity contribution < 1.29 is 13.7 Å². The molecular weight excluding hydrogens is 323 g/mol. The normalized spacial score (nSPS) is 16.1. The Labute approximate surface area is 146 Å². The minimum atomic E-state index is -0.292. The molecule has 0 atom stereocenters. The van der Waals surface area contributed by atoms with E-state index in [1.165, 1.54) is 6.07 Å². The average Bonchev–Trinajstić information content (AvgIpc) is 3.01. The summed E-state index contributed by atoms with van der Waals surface area (Å²) in [6, 6.07) is 8.43. The van der Waals surface area contributed by atoms with Crippen LogP contribution < -0.4 is 5.32 Å². The predicted octanol–water partition coefficient (Wildman–Crippen LogP) is 1.56. The smallest absolute Gasteiger partial charge is 0.234 e. The molecule has 0 radical (unpaired) electrons. The fourth-order valence-electron chi connectivity index (χ4n) is 2.92. The molecule has 0 bridgehead atoms. The maximum absolute atomic E-state index is 13.5. The summed E-state index contributed by atoms with van der Waals surface area (Å²) in [7, 11) is 0. The van der Waals surface area contributed by atoms with Crippen LogP contribution >= 0.6 is 0 Å². The van der Waals surface area contributed by atoms with Gasteiger partial charge in [0.05, 0.1) is 12.2 Å². The number of halogens is 1. The van der Waals surface area contributed by atoms with Crippen molar-refractivity contribution in [2.75, 3.05) is 32.7 Å². The van der Waals surface area contributed by atoms with Crippen LogP contribution in [0.15, 0.2) is 34.9 Å². The lowest BCUT2D eigenvalue weighted by molar-refractivity contribution is -0.122. The van der Waals surface area contributed by atoms with Crippen molar-refractivity contribution in [2.24, 2.45) is 0 Å². The highest BCUT2D eigenvalue weighted by Gasteiger charge is 2.19. The number of nitrogens with one attached hydrogen (secondary N) is 1. The Hall–Kier alpha value is -2.25. The van der Waals surface area contributed by atoms with Crippen LogP contribution in [0.5, 0.6) is 0 Å². The third-order valence-corrected chi connectivity index (χ3v) is 4.33. The number of benzene rings is 1. The van der Waals surface area contributed by atoms with Crippen molar-refractivity contribution in [2.45, 2.75) is 20.0 Å². The van der Waals surface area contributed by atoms with Gasteiger partial charge in [-0.15, -0.1) is 0 Å². The number of hydrogen-bond donors (Lipinski definition) is 1. The zero-order valence-corrected chi connectivity index (χ0v) is 14.4. The Morgan fingerprint density at radius 3 is 2.64 bits per heavy atom. The number of amides is 1. The van der Waals surface area contributed by atoms with E-state index < -0.39 is 0 Å². The van der Waals surface area contributed by atoms with Gasteiger partial charge in [0.1, 0.15) is 11.6 Å². The first-order chi connectivity index (χ1) is 12.1. The first kappa shape index (κ1) is 17.6. The summed E-state index contributed by atoms with van der Waals surface area (Å²) in [6.45, 7) is 6.62. The minimum absolute atomic E-state index is 0.0798. The van der Waals surface area contributed by atoms with Gasteiger partial charge < -0.3 is 9.84 Å². The number of hydrogen-bond acceptors (Lipinski definition) is 5. The number of aryl methyl sites for hydroxylation is 1. The van der Waals surface area contributed by atoms with Gasteiger partial charge in [0, 0.05) is 50.9 Å². The minimum Gasteiger partial charge on any atom is -0.361 e. The van der Waals surface area contributed by atoms with E-state index in [0.717, 1.165) is 44.2 Å². The van der Waals surface area contributed by atoms with Gasteiger partial charge >= 0.3 is 0 Å². The van der Waals surface area contributed by atoms with Crippen molar-refractivity contribution in [1.82, 2.24) is 20.3 Å². The summed E-state index contributed by atoms with van der Waals surface area (Å²) < 4.78 is 18.6. The molecule has 0 saturated carbocycles. The lowest BCUT2D eigenvalue weighted by atomic mass is 10.2. The fraction of sp³-hybridized carbons (Fsp3) is 0.444. The third kappa shape index (κ3) is 5.11. The molecule has 1 aromatic heterocycles. The largest absolute Gasteiger partial charge is 0.361 e. The molecule has 1 saturated heterocycles. The monoisotopic (exact) mass is 346 g/mol. The van der Waals surface area contributed by atoms with Gasteiger partial charge in [-0.1, -0.05) is 23.4 Å². The van der Waals surface area contributed by atoms with Crippen LogP contribution in [-0.4, -0.2) is 53.6 Å². The Balaban J connectivity index is 1.38. The molecule has 134 valence electrons. The molecule has 1 N–H and O–H groups in total. The van der Waals surface area contributed by atoms with Crippen LogP contribution in [-0.2, 0) is 17.9 Å². The second-order valence-electron chi connectivity index (χ2n) is 6.35. The lowest BCUT2D eigenvalue weighted by Crippen LogP contribution is -2.49. The molecule has 1 aliphatic rings.